The smallest absolute Gasteiger partial charge is 0.416 e. The van der Waals surface area contributed by atoms with Crippen LogP contribution in [0.25, 0.3) is 11.1 Å². The highest BCUT2D eigenvalue weighted by Crippen LogP contribution is 2.37. The molecule has 1 amide bonds. The molecule has 2 aromatic carbocycles. The number of nitrogens with one attached hydrogen (secondary N) is 1. The van der Waals surface area contributed by atoms with Gasteiger partial charge in [-0.25, -0.2) is 9.97 Å². The van der Waals surface area contributed by atoms with Crippen LogP contribution in [0.1, 0.15) is 27.2 Å². The number of carbonyl (C=O) groups excluding carboxylic acids is 1. The predicted octanol–water partition coefficient (Wildman–Crippen LogP) is 5.44. The Morgan fingerprint density at radius 1 is 0.949 bits per heavy atom. The molecule has 13 heteroatoms. The third-order valence-corrected chi connectivity index (χ3v) is 5.64. The molecule has 0 fully saturated rings. The maximum absolute atomic E-state index is 13.6. The van der Waals surface area contributed by atoms with Crippen molar-refractivity contribution in [1.82, 2.24) is 19.8 Å². The van der Waals surface area contributed by atoms with Gasteiger partial charge in [0.05, 0.1) is 18.2 Å². The molecule has 0 spiro atoms. The molecule has 0 radical (unpaired) electrons. The van der Waals surface area contributed by atoms with Gasteiger partial charge in [0, 0.05) is 44.0 Å². The van der Waals surface area contributed by atoms with Gasteiger partial charge >= 0.3 is 12.4 Å². The highest BCUT2D eigenvalue weighted by molar-refractivity contribution is 5.99. The fourth-order valence-corrected chi connectivity index (χ4v) is 3.72. The van der Waals surface area contributed by atoms with E-state index in [4.69, 9.17) is 4.74 Å². The van der Waals surface area contributed by atoms with Crippen LogP contribution in [0.2, 0.25) is 0 Å². The fraction of sp³-hybridized carbons (Fsp3) is 0.346. The van der Waals surface area contributed by atoms with Gasteiger partial charge in [-0.05, 0) is 43.9 Å². The van der Waals surface area contributed by atoms with Gasteiger partial charge in [-0.15, -0.1) is 0 Å². The third-order valence-electron chi connectivity index (χ3n) is 5.64. The fourth-order valence-electron chi connectivity index (χ4n) is 3.72. The number of benzene rings is 2. The Bertz CT molecular complexity index is 1280. The van der Waals surface area contributed by atoms with E-state index in [-0.39, 0.29) is 28.8 Å². The van der Waals surface area contributed by atoms with Gasteiger partial charge in [-0.3, -0.25) is 4.79 Å². The summed E-state index contributed by atoms with van der Waals surface area (Å²) in [5.41, 5.74) is -2.61. The van der Waals surface area contributed by atoms with Crippen molar-refractivity contribution in [2.75, 3.05) is 46.7 Å². The molecular weight excluding hydrogens is 528 g/mol. The maximum atomic E-state index is 13.6. The lowest BCUT2D eigenvalue weighted by atomic mass is 10.0. The number of alkyl halides is 6. The summed E-state index contributed by atoms with van der Waals surface area (Å²) in [7, 11) is 6.45. The lowest BCUT2D eigenvalue weighted by Gasteiger charge is -2.21. The molecule has 0 saturated heterocycles. The molecule has 1 aromatic heterocycles. The van der Waals surface area contributed by atoms with Crippen molar-refractivity contribution >= 4 is 11.9 Å². The van der Waals surface area contributed by atoms with E-state index in [0.29, 0.717) is 36.5 Å². The van der Waals surface area contributed by atoms with Crippen molar-refractivity contribution in [2.45, 2.75) is 18.9 Å². The second-order valence-corrected chi connectivity index (χ2v) is 8.96. The first-order valence-electron chi connectivity index (χ1n) is 11.6. The van der Waals surface area contributed by atoms with E-state index in [1.54, 1.807) is 24.3 Å². The molecule has 1 heterocycles. The first-order chi connectivity index (χ1) is 18.2. The highest BCUT2D eigenvalue weighted by atomic mass is 19.4. The van der Waals surface area contributed by atoms with Crippen molar-refractivity contribution in [3.8, 4) is 16.9 Å². The Morgan fingerprint density at radius 2 is 1.56 bits per heavy atom. The zero-order valence-corrected chi connectivity index (χ0v) is 21.6. The van der Waals surface area contributed by atoms with Gasteiger partial charge in [-0.1, -0.05) is 18.2 Å². The summed E-state index contributed by atoms with van der Waals surface area (Å²) in [6.45, 7) is 0.553. The van der Waals surface area contributed by atoms with E-state index in [9.17, 15) is 31.1 Å². The zero-order chi connectivity index (χ0) is 29.0. The summed E-state index contributed by atoms with van der Waals surface area (Å²) in [6, 6.07) is 8.00. The number of anilines is 1. The number of nitrogens with zero attached hydrogens (tertiary/aromatic N) is 4. The molecule has 0 saturated carbocycles. The third kappa shape index (κ3) is 7.59. The van der Waals surface area contributed by atoms with Crippen LogP contribution in [-0.4, -0.2) is 67.0 Å². The number of rotatable bonds is 9. The van der Waals surface area contributed by atoms with E-state index < -0.39 is 35.9 Å². The summed E-state index contributed by atoms with van der Waals surface area (Å²) in [6.07, 6.45) is -8.60. The molecule has 3 rings (SSSR count). The molecule has 39 heavy (non-hydrogen) atoms. The van der Waals surface area contributed by atoms with E-state index in [2.05, 4.69) is 15.3 Å². The number of aromatic nitrogens is 2. The Morgan fingerprint density at radius 3 is 2.13 bits per heavy atom. The lowest BCUT2D eigenvalue weighted by molar-refractivity contribution is -0.143. The average Bonchev–Trinajstić information content (AvgIpc) is 2.86. The molecule has 0 aliphatic rings. The summed E-state index contributed by atoms with van der Waals surface area (Å²) in [4.78, 5) is 25.1. The van der Waals surface area contributed by atoms with Crippen LogP contribution in [0.3, 0.4) is 0 Å². The van der Waals surface area contributed by atoms with Gasteiger partial charge in [0.15, 0.2) is 0 Å². The number of halogens is 6. The molecule has 210 valence electrons. The Hall–Kier alpha value is -3.87. The van der Waals surface area contributed by atoms with Crippen molar-refractivity contribution in [1.29, 1.82) is 0 Å². The van der Waals surface area contributed by atoms with E-state index in [0.717, 1.165) is 4.90 Å². The van der Waals surface area contributed by atoms with Crippen LogP contribution in [0.4, 0.5) is 32.3 Å². The van der Waals surface area contributed by atoms with Crippen molar-refractivity contribution in [2.24, 2.45) is 0 Å². The molecule has 0 unspecified atom stereocenters. The molecule has 3 aromatic rings. The Balaban J connectivity index is 2.02. The summed E-state index contributed by atoms with van der Waals surface area (Å²) < 4.78 is 85.3. The van der Waals surface area contributed by atoms with Gasteiger partial charge < -0.3 is 19.9 Å². The minimum Gasteiger partial charge on any atom is -0.496 e. The van der Waals surface area contributed by atoms with Gasteiger partial charge in [0.1, 0.15) is 11.4 Å². The van der Waals surface area contributed by atoms with E-state index in [1.165, 1.54) is 20.4 Å². The van der Waals surface area contributed by atoms with Crippen molar-refractivity contribution in [3.63, 3.8) is 0 Å². The minimum atomic E-state index is -5.00. The Kier molecular flexibility index (Phi) is 9.05. The molecule has 0 bridgehead atoms. The number of amides is 1. The first-order valence-corrected chi connectivity index (χ1v) is 11.6. The zero-order valence-electron chi connectivity index (χ0n) is 21.6. The number of likely N-dealkylation sites (N-methyl/N-ethyl adjacent to an activating group) is 1. The number of methoxy groups -OCH3 is 1. The standard InChI is InChI=1S/C26H27F6N5O2/c1-36(2)10-9-33-24-34-14-20(19-7-5-6-8-21(19)39-4)22(35-24)23(38)37(3)15-16-11-17(25(27,28)29)13-18(12-16)26(30,31)32/h5-8,11-14H,9-10,15H2,1-4H3,(H,33,34,35). The normalized spacial score (nSPS) is 12.0. The second-order valence-electron chi connectivity index (χ2n) is 8.96. The first kappa shape index (κ1) is 29.7. The van der Waals surface area contributed by atoms with Crippen LogP contribution >= 0.6 is 0 Å². The number of ether oxygens (including phenoxy) is 1. The maximum Gasteiger partial charge on any atom is 0.416 e. The predicted molar refractivity (Wildman–Crippen MR) is 133 cm³/mol. The molecule has 0 atom stereocenters. The van der Waals surface area contributed by atoms with Crippen LogP contribution in [0.15, 0.2) is 48.7 Å². The lowest BCUT2D eigenvalue weighted by Crippen LogP contribution is -2.29. The van der Waals surface area contributed by atoms with Crippen molar-refractivity contribution in [3.05, 3.63) is 71.0 Å². The molecule has 0 aliphatic heterocycles. The summed E-state index contributed by atoms with van der Waals surface area (Å²) in [5, 5.41) is 3.00. The van der Waals surface area contributed by atoms with Gasteiger partial charge in [0.2, 0.25) is 5.95 Å². The number of para-hydroxylation sites is 1. The van der Waals surface area contributed by atoms with Crippen LogP contribution in [0.5, 0.6) is 5.75 Å². The topological polar surface area (TPSA) is 70.6 Å². The van der Waals surface area contributed by atoms with Gasteiger partial charge in [-0.2, -0.15) is 26.3 Å². The molecule has 7 nitrogen and oxygen atoms in total. The SMILES string of the molecule is COc1ccccc1-c1cnc(NCCN(C)C)nc1C(=O)N(C)Cc1cc(C(F)(F)F)cc(C(F)(F)F)c1. The van der Waals surface area contributed by atoms with E-state index in [1.807, 2.05) is 19.0 Å². The van der Waals surface area contributed by atoms with Gasteiger partial charge in [0.25, 0.3) is 5.91 Å². The average molecular weight is 556 g/mol. The highest BCUT2D eigenvalue weighted by Gasteiger charge is 2.37. The summed E-state index contributed by atoms with van der Waals surface area (Å²) >= 11 is 0. The van der Waals surface area contributed by atoms with E-state index >= 15 is 0 Å². The molecule has 0 aliphatic carbocycles. The largest absolute Gasteiger partial charge is 0.496 e. The number of hydrogen-bond acceptors (Lipinski definition) is 6. The van der Waals surface area contributed by atoms with Crippen LogP contribution in [0, 0.1) is 0 Å². The molecular formula is C26H27F6N5O2. The van der Waals surface area contributed by atoms with Crippen molar-refractivity contribution < 1.29 is 35.9 Å². The second kappa shape index (κ2) is 11.9. The van der Waals surface area contributed by atoms with Crippen LogP contribution < -0.4 is 10.1 Å². The van der Waals surface area contributed by atoms with Crippen LogP contribution in [-0.2, 0) is 18.9 Å². The number of hydrogen-bond donors (Lipinski definition) is 1. The summed E-state index contributed by atoms with van der Waals surface area (Å²) in [5.74, 6) is -0.190. The molecule has 1 N–H and O–H groups in total. The monoisotopic (exact) mass is 555 g/mol. The quantitative estimate of drug-likeness (QED) is 0.355. The number of carbonyl (C=O) groups is 1. The Labute approximate surface area is 221 Å². The minimum absolute atomic E-state index is 0.0429.